The van der Waals surface area contributed by atoms with Crippen molar-refractivity contribution in [2.75, 3.05) is 0 Å². The van der Waals surface area contributed by atoms with Crippen molar-refractivity contribution in [3.63, 3.8) is 0 Å². The Labute approximate surface area is 115 Å². The van der Waals surface area contributed by atoms with Crippen LogP contribution in [-0.2, 0) is 6.42 Å². The first kappa shape index (κ1) is 13.2. The van der Waals surface area contributed by atoms with Crippen LogP contribution in [0.5, 0.6) is 0 Å². The highest BCUT2D eigenvalue weighted by atomic mass is 79.9. The van der Waals surface area contributed by atoms with Crippen LogP contribution in [0, 0.1) is 12.7 Å². The van der Waals surface area contributed by atoms with E-state index in [4.69, 9.17) is 5.73 Å². The number of halogens is 2. The van der Waals surface area contributed by atoms with Crippen molar-refractivity contribution in [1.29, 1.82) is 0 Å². The lowest BCUT2D eigenvalue weighted by molar-refractivity contribution is 0.593. The topological polar surface area (TPSA) is 26.0 Å². The fourth-order valence-corrected chi connectivity index (χ4v) is 2.25. The summed E-state index contributed by atoms with van der Waals surface area (Å²) in [6, 6.07) is 12.6. The lowest BCUT2D eigenvalue weighted by atomic mass is 9.98. The Morgan fingerprint density at radius 1 is 1.22 bits per heavy atom. The van der Waals surface area contributed by atoms with E-state index in [2.05, 4.69) is 15.9 Å². The molecule has 0 fully saturated rings. The van der Waals surface area contributed by atoms with Gasteiger partial charge in [0.05, 0.1) is 0 Å². The summed E-state index contributed by atoms with van der Waals surface area (Å²) in [6.07, 6.45) is 0.502. The number of hydrogen-bond donors (Lipinski definition) is 1. The molecule has 3 heteroatoms. The van der Waals surface area contributed by atoms with E-state index in [0.717, 1.165) is 15.6 Å². The smallest absolute Gasteiger partial charge is 0.126 e. The predicted molar refractivity (Wildman–Crippen MR) is 75.9 cm³/mol. The van der Waals surface area contributed by atoms with Gasteiger partial charge in [-0.1, -0.05) is 46.3 Å². The van der Waals surface area contributed by atoms with Crippen molar-refractivity contribution in [2.45, 2.75) is 19.4 Å². The number of hydrogen-bond acceptors (Lipinski definition) is 1. The van der Waals surface area contributed by atoms with Crippen molar-refractivity contribution in [3.05, 3.63) is 69.4 Å². The average Bonchev–Trinajstić information content (AvgIpc) is 2.35. The van der Waals surface area contributed by atoms with Crippen LogP contribution in [0.3, 0.4) is 0 Å². The molecular formula is C15H15BrFN. The van der Waals surface area contributed by atoms with E-state index in [1.54, 1.807) is 12.1 Å². The highest BCUT2D eigenvalue weighted by molar-refractivity contribution is 9.10. The molecule has 18 heavy (non-hydrogen) atoms. The summed E-state index contributed by atoms with van der Waals surface area (Å²) in [6.45, 7) is 2.02. The average molecular weight is 308 g/mol. The van der Waals surface area contributed by atoms with Crippen molar-refractivity contribution < 1.29 is 4.39 Å². The maximum Gasteiger partial charge on any atom is 0.126 e. The maximum atomic E-state index is 13.5. The van der Waals surface area contributed by atoms with Gasteiger partial charge in [0.15, 0.2) is 0 Å². The highest BCUT2D eigenvalue weighted by Gasteiger charge is 2.10. The van der Waals surface area contributed by atoms with Gasteiger partial charge in [0.25, 0.3) is 0 Å². The lowest BCUT2D eigenvalue weighted by Gasteiger charge is -2.14. The summed E-state index contributed by atoms with van der Waals surface area (Å²) < 4.78 is 14.6. The third kappa shape index (κ3) is 2.98. The minimum atomic E-state index is -0.196. The molecule has 0 amide bonds. The fourth-order valence-electron chi connectivity index (χ4n) is 1.86. The summed E-state index contributed by atoms with van der Waals surface area (Å²) in [5.41, 5.74) is 8.96. The quantitative estimate of drug-likeness (QED) is 0.906. The van der Waals surface area contributed by atoms with Crippen LogP contribution in [0.15, 0.2) is 46.9 Å². The van der Waals surface area contributed by atoms with Crippen LogP contribution in [0.1, 0.15) is 22.7 Å². The normalized spacial score (nSPS) is 12.4. The summed E-state index contributed by atoms with van der Waals surface area (Å²) in [7, 11) is 0. The van der Waals surface area contributed by atoms with Crippen LogP contribution in [0.25, 0.3) is 0 Å². The zero-order chi connectivity index (χ0) is 13.1. The van der Waals surface area contributed by atoms with Gasteiger partial charge in [-0.05, 0) is 42.2 Å². The zero-order valence-electron chi connectivity index (χ0n) is 10.2. The third-order valence-electron chi connectivity index (χ3n) is 3.02. The molecular weight excluding hydrogens is 293 g/mol. The van der Waals surface area contributed by atoms with E-state index in [9.17, 15) is 4.39 Å². The van der Waals surface area contributed by atoms with Crippen LogP contribution < -0.4 is 5.73 Å². The maximum absolute atomic E-state index is 13.5. The van der Waals surface area contributed by atoms with Crippen molar-refractivity contribution >= 4 is 15.9 Å². The summed E-state index contributed by atoms with van der Waals surface area (Å²) in [4.78, 5) is 0. The Balaban J connectivity index is 2.19. The molecule has 0 aliphatic rings. The standard InChI is InChI=1S/C15H15BrFN/c1-10-6-7-12(8-13(10)16)15(18)9-11-4-2-3-5-14(11)17/h2-8,15H,9,18H2,1H3. The highest BCUT2D eigenvalue weighted by Crippen LogP contribution is 2.23. The van der Waals surface area contributed by atoms with E-state index >= 15 is 0 Å². The van der Waals surface area contributed by atoms with Gasteiger partial charge in [-0.15, -0.1) is 0 Å². The Morgan fingerprint density at radius 2 is 1.94 bits per heavy atom. The second-order valence-electron chi connectivity index (χ2n) is 4.41. The van der Waals surface area contributed by atoms with E-state index in [0.29, 0.717) is 12.0 Å². The first-order valence-electron chi connectivity index (χ1n) is 5.83. The van der Waals surface area contributed by atoms with E-state index in [1.807, 2.05) is 31.2 Å². The second-order valence-corrected chi connectivity index (χ2v) is 5.26. The van der Waals surface area contributed by atoms with Crippen LogP contribution in [0.4, 0.5) is 4.39 Å². The summed E-state index contributed by atoms with van der Waals surface area (Å²) >= 11 is 3.48. The summed E-state index contributed by atoms with van der Waals surface area (Å²) in [5, 5.41) is 0. The predicted octanol–water partition coefficient (Wildman–Crippen LogP) is 4.14. The van der Waals surface area contributed by atoms with E-state index < -0.39 is 0 Å². The molecule has 1 nitrogen and oxygen atoms in total. The van der Waals surface area contributed by atoms with Gasteiger partial charge < -0.3 is 5.73 Å². The van der Waals surface area contributed by atoms with Crippen molar-refractivity contribution in [1.82, 2.24) is 0 Å². The Morgan fingerprint density at radius 3 is 2.61 bits per heavy atom. The van der Waals surface area contributed by atoms with Crippen LogP contribution >= 0.6 is 15.9 Å². The zero-order valence-corrected chi connectivity index (χ0v) is 11.7. The van der Waals surface area contributed by atoms with Crippen LogP contribution in [-0.4, -0.2) is 0 Å². The molecule has 0 bridgehead atoms. The number of rotatable bonds is 3. The molecule has 94 valence electrons. The minimum absolute atomic E-state index is 0.195. The monoisotopic (exact) mass is 307 g/mol. The Kier molecular flexibility index (Phi) is 4.15. The Bertz CT molecular complexity index is 554. The van der Waals surface area contributed by atoms with Gasteiger partial charge in [0.2, 0.25) is 0 Å². The summed E-state index contributed by atoms with van der Waals surface area (Å²) in [5.74, 6) is -0.195. The first-order chi connectivity index (χ1) is 8.58. The minimum Gasteiger partial charge on any atom is -0.324 e. The molecule has 2 rings (SSSR count). The van der Waals surface area contributed by atoms with Gasteiger partial charge >= 0.3 is 0 Å². The lowest BCUT2D eigenvalue weighted by Crippen LogP contribution is -2.14. The SMILES string of the molecule is Cc1ccc(C(N)Cc2ccccc2F)cc1Br. The van der Waals surface area contributed by atoms with E-state index in [1.165, 1.54) is 6.07 Å². The molecule has 0 spiro atoms. The molecule has 0 saturated heterocycles. The van der Waals surface area contributed by atoms with Gasteiger partial charge in [-0.2, -0.15) is 0 Å². The molecule has 2 aromatic carbocycles. The molecule has 0 aliphatic carbocycles. The molecule has 1 atom stereocenters. The number of benzene rings is 2. The van der Waals surface area contributed by atoms with Gasteiger partial charge in [0, 0.05) is 10.5 Å². The first-order valence-corrected chi connectivity index (χ1v) is 6.62. The molecule has 2 aromatic rings. The molecule has 0 heterocycles. The second kappa shape index (κ2) is 5.63. The molecule has 0 saturated carbocycles. The number of aryl methyl sites for hydroxylation is 1. The van der Waals surface area contributed by atoms with Gasteiger partial charge in [0.1, 0.15) is 5.82 Å². The largest absolute Gasteiger partial charge is 0.324 e. The molecule has 2 N–H and O–H groups in total. The molecule has 0 radical (unpaired) electrons. The fraction of sp³-hybridized carbons (Fsp3) is 0.200. The van der Waals surface area contributed by atoms with Gasteiger partial charge in [-0.3, -0.25) is 0 Å². The Hall–Kier alpha value is -1.19. The number of nitrogens with two attached hydrogens (primary N) is 1. The van der Waals surface area contributed by atoms with Crippen molar-refractivity contribution in [2.24, 2.45) is 5.73 Å². The van der Waals surface area contributed by atoms with Crippen molar-refractivity contribution in [3.8, 4) is 0 Å². The third-order valence-corrected chi connectivity index (χ3v) is 3.88. The van der Waals surface area contributed by atoms with Gasteiger partial charge in [-0.25, -0.2) is 4.39 Å². The van der Waals surface area contributed by atoms with E-state index in [-0.39, 0.29) is 11.9 Å². The molecule has 0 aromatic heterocycles. The molecule has 1 unspecified atom stereocenters. The molecule has 0 aliphatic heterocycles. The van der Waals surface area contributed by atoms with Crippen LogP contribution in [0.2, 0.25) is 0 Å².